The lowest BCUT2D eigenvalue weighted by Gasteiger charge is -2.13. The molecule has 1 aliphatic rings. The van der Waals surface area contributed by atoms with Gasteiger partial charge in [0.1, 0.15) is 10.6 Å². The number of rotatable bonds is 5. The molecule has 1 aromatic carbocycles. The zero-order valence-corrected chi connectivity index (χ0v) is 13.1. The molecule has 1 aromatic rings. The summed E-state index contributed by atoms with van der Waals surface area (Å²) in [4.78, 5) is 0.0341. The largest absolute Gasteiger partial charge is 0.492 e. The van der Waals surface area contributed by atoms with E-state index in [1.54, 1.807) is 0 Å². The third-order valence-corrected chi connectivity index (χ3v) is 4.72. The van der Waals surface area contributed by atoms with E-state index in [-0.39, 0.29) is 4.90 Å². The summed E-state index contributed by atoms with van der Waals surface area (Å²) in [6.07, 6.45) is 3.48. The number of hydrogen-bond acceptors (Lipinski definition) is 3. The van der Waals surface area contributed by atoms with Gasteiger partial charge >= 0.3 is 0 Å². The van der Waals surface area contributed by atoms with E-state index in [0.29, 0.717) is 16.8 Å². The Morgan fingerprint density at radius 1 is 1.44 bits per heavy atom. The van der Waals surface area contributed by atoms with Crippen molar-refractivity contribution in [2.45, 2.75) is 31.1 Å². The highest BCUT2D eigenvalue weighted by Gasteiger charge is 2.23. The number of benzene rings is 1. The van der Waals surface area contributed by atoms with Crippen LogP contribution in [-0.4, -0.2) is 15.0 Å². The van der Waals surface area contributed by atoms with Crippen LogP contribution in [0.1, 0.15) is 24.8 Å². The van der Waals surface area contributed by atoms with Gasteiger partial charge in [-0.25, -0.2) is 8.42 Å². The Morgan fingerprint density at radius 3 is 2.67 bits per heavy atom. The second-order valence-corrected chi connectivity index (χ2v) is 8.02. The van der Waals surface area contributed by atoms with Gasteiger partial charge in [0.25, 0.3) is 9.05 Å². The average molecular weight is 354 g/mol. The fourth-order valence-corrected chi connectivity index (χ4v) is 3.58. The van der Waals surface area contributed by atoms with Gasteiger partial charge in [0, 0.05) is 15.2 Å². The van der Waals surface area contributed by atoms with Gasteiger partial charge in [-0.3, -0.25) is 0 Å². The molecule has 1 fully saturated rings. The molecule has 0 spiro atoms. The fraction of sp³-hybridized carbons (Fsp3) is 0.500. The van der Waals surface area contributed by atoms with Crippen LogP contribution in [0.4, 0.5) is 0 Å². The smallest absolute Gasteiger partial charge is 0.265 e. The first kappa shape index (κ1) is 14.2. The molecule has 0 radical (unpaired) electrons. The minimum absolute atomic E-state index is 0.0341. The molecular formula is C12H14BrClO3S. The summed E-state index contributed by atoms with van der Waals surface area (Å²) in [6, 6.07) is 3.29. The van der Waals surface area contributed by atoms with E-state index in [0.717, 1.165) is 17.9 Å². The fourth-order valence-electron chi connectivity index (χ4n) is 1.80. The molecule has 0 saturated heterocycles. The minimum Gasteiger partial charge on any atom is -0.492 e. The first-order chi connectivity index (χ1) is 8.38. The van der Waals surface area contributed by atoms with Gasteiger partial charge in [0.2, 0.25) is 0 Å². The first-order valence-corrected chi connectivity index (χ1v) is 8.86. The van der Waals surface area contributed by atoms with Gasteiger partial charge in [-0.2, -0.15) is 0 Å². The predicted octanol–water partition coefficient (Wildman–Crippen LogP) is 3.86. The monoisotopic (exact) mass is 352 g/mol. The maximum absolute atomic E-state index is 11.5. The van der Waals surface area contributed by atoms with Crippen LogP contribution in [0, 0.1) is 12.8 Å². The molecule has 0 unspecified atom stereocenters. The van der Waals surface area contributed by atoms with Crippen LogP contribution in [-0.2, 0) is 9.05 Å². The van der Waals surface area contributed by atoms with Crippen LogP contribution in [0.5, 0.6) is 5.75 Å². The normalized spacial score (nSPS) is 15.7. The summed E-state index contributed by atoms with van der Waals surface area (Å²) < 4.78 is 29.4. The van der Waals surface area contributed by atoms with Crippen LogP contribution in [0.15, 0.2) is 21.5 Å². The Kier molecular flexibility index (Phi) is 4.24. The summed E-state index contributed by atoms with van der Waals surface area (Å²) in [5, 5.41) is 0. The molecule has 0 heterocycles. The zero-order valence-electron chi connectivity index (χ0n) is 9.95. The Labute approximate surface area is 120 Å². The van der Waals surface area contributed by atoms with Gasteiger partial charge in [-0.05, 0) is 37.0 Å². The van der Waals surface area contributed by atoms with Gasteiger partial charge in [0.05, 0.1) is 6.61 Å². The minimum atomic E-state index is -3.80. The van der Waals surface area contributed by atoms with Crippen molar-refractivity contribution in [2.24, 2.45) is 5.92 Å². The molecule has 18 heavy (non-hydrogen) atoms. The van der Waals surface area contributed by atoms with Crippen LogP contribution in [0.3, 0.4) is 0 Å². The average Bonchev–Trinajstić information content (AvgIpc) is 3.03. The van der Waals surface area contributed by atoms with Crippen molar-refractivity contribution in [2.75, 3.05) is 6.61 Å². The quantitative estimate of drug-likeness (QED) is 0.755. The lowest BCUT2D eigenvalue weighted by atomic mass is 10.2. The summed E-state index contributed by atoms with van der Waals surface area (Å²) in [6.45, 7) is 2.34. The summed E-state index contributed by atoms with van der Waals surface area (Å²) >= 11 is 3.26. The van der Waals surface area contributed by atoms with Crippen LogP contribution < -0.4 is 4.74 Å². The summed E-state index contributed by atoms with van der Waals surface area (Å²) in [5.41, 5.74) is 0.763. The van der Waals surface area contributed by atoms with Gasteiger partial charge in [-0.15, -0.1) is 0 Å². The topological polar surface area (TPSA) is 43.4 Å². The molecule has 1 aliphatic carbocycles. The Bertz CT molecular complexity index is 553. The Balaban J connectivity index is 2.25. The van der Waals surface area contributed by atoms with Crippen molar-refractivity contribution in [3.8, 4) is 5.75 Å². The second-order valence-electron chi connectivity index (χ2n) is 4.57. The number of hydrogen-bond donors (Lipinski definition) is 0. The van der Waals surface area contributed by atoms with Gasteiger partial charge in [-0.1, -0.05) is 28.8 Å². The van der Waals surface area contributed by atoms with Crippen molar-refractivity contribution in [3.05, 3.63) is 22.2 Å². The van der Waals surface area contributed by atoms with E-state index in [4.69, 9.17) is 15.4 Å². The van der Waals surface area contributed by atoms with Crippen molar-refractivity contribution in [1.29, 1.82) is 0 Å². The highest BCUT2D eigenvalue weighted by atomic mass is 79.9. The molecule has 0 aromatic heterocycles. The third-order valence-electron chi connectivity index (χ3n) is 2.94. The molecule has 1 saturated carbocycles. The molecule has 0 N–H and O–H groups in total. The molecule has 0 atom stereocenters. The number of halogens is 2. The maximum atomic E-state index is 11.5. The lowest BCUT2D eigenvalue weighted by Crippen LogP contribution is -2.04. The van der Waals surface area contributed by atoms with Crippen molar-refractivity contribution in [3.63, 3.8) is 0 Å². The van der Waals surface area contributed by atoms with Crippen molar-refractivity contribution in [1.82, 2.24) is 0 Å². The van der Waals surface area contributed by atoms with E-state index in [1.165, 1.54) is 18.9 Å². The molecule has 3 nitrogen and oxygen atoms in total. The Morgan fingerprint density at radius 2 is 2.11 bits per heavy atom. The third kappa shape index (κ3) is 3.62. The highest BCUT2D eigenvalue weighted by molar-refractivity contribution is 9.10. The number of aryl methyl sites for hydroxylation is 1. The second kappa shape index (κ2) is 5.39. The predicted molar refractivity (Wildman–Crippen MR) is 74.8 cm³/mol. The summed E-state index contributed by atoms with van der Waals surface area (Å²) in [5.74, 6) is 1.12. The molecule has 0 aliphatic heterocycles. The van der Waals surface area contributed by atoms with Gasteiger partial charge < -0.3 is 4.74 Å². The van der Waals surface area contributed by atoms with E-state index in [9.17, 15) is 8.42 Å². The van der Waals surface area contributed by atoms with Crippen LogP contribution >= 0.6 is 26.6 Å². The SMILES string of the molecule is Cc1cc(Br)cc(S(=O)(=O)Cl)c1OCCC1CC1. The Hall–Kier alpha value is -0.260. The first-order valence-electron chi connectivity index (χ1n) is 5.75. The van der Waals surface area contributed by atoms with Crippen molar-refractivity contribution < 1.29 is 13.2 Å². The molecule has 0 amide bonds. The van der Waals surface area contributed by atoms with Gasteiger partial charge in [0.15, 0.2) is 0 Å². The number of ether oxygens (including phenoxy) is 1. The highest BCUT2D eigenvalue weighted by Crippen LogP contribution is 2.35. The van der Waals surface area contributed by atoms with E-state index in [2.05, 4.69) is 15.9 Å². The molecular weight excluding hydrogens is 340 g/mol. The molecule has 0 bridgehead atoms. The molecule has 6 heteroatoms. The van der Waals surface area contributed by atoms with Crippen LogP contribution in [0.25, 0.3) is 0 Å². The van der Waals surface area contributed by atoms with E-state index < -0.39 is 9.05 Å². The standard InChI is InChI=1S/C12H14BrClO3S/c1-8-6-10(13)7-11(18(14,15)16)12(8)17-5-4-9-2-3-9/h6-7,9H,2-5H2,1H3. The van der Waals surface area contributed by atoms with E-state index in [1.807, 2.05) is 13.0 Å². The summed E-state index contributed by atoms with van der Waals surface area (Å²) in [7, 11) is 1.64. The van der Waals surface area contributed by atoms with E-state index >= 15 is 0 Å². The van der Waals surface area contributed by atoms with Crippen LogP contribution in [0.2, 0.25) is 0 Å². The molecule has 2 rings (SSSR count). The zero-order chi connectivity index (χ0) is 13.3. The lowest BCUT2D eigenvalue weighted by molar-refractivity contribution is 0.293. The molecule has 100 valence electrons. The van der Waals surface area contributed by atoms with Crippen molar-refractivity contribution >= 4 is 35.7 Å². The maximum Gasteiger partial charge on any atom is 0.265 e.